The first-order valence-corrected chi connectivity index (χ1v) is 24.6. The lowest BCUT2D eigenvalue weighted by Crippen LogP contribution is -2.30. The van der Waals surface area contributed by atoms with Gasteiger partial charge in [0.1, 0.15) is 13.2 Å². The number of ether oxygens (including phenoxy) is 3. The van der Waals surface area contributed by atoms with E-state index in [9.17, 15) is 14.4 Å². The van der Waals surface area contributed by atoms with E-state index in [4.69, 9.17) is 14.2 Å². The highest BCUT2D eigenvalue weighted by atomic mass is 16.6. The number of rotatable bonds is 43. The van der Waals surface area contributed by atoms with Crippen LogP contribution in [0.25, 0.3) is 0 Å². The van der Waals surface area contributed by atoms with Crippen LogP contribution in [0.5, 0.6) is 0 Å². The summed E-state index contributed by atoms with van der Waals surface area (Å²) in [6.45, 7) is 6.35. The summed E-state index contributed by atoms with van der Waals surface area (Å²) in [4.78, 5) is 37.8. The van der Waals surface area contributed by atoms with Crippen molar-refractivity contribution in [3.63, 3.8) is 0 Å². The van der Waals surface area contributed by atoms with Gasteiger partial charge in [0.25, 0.3) is 0 Å². The van der Waals surface area contributed by atoms with Crippen LogP contribution in [0.1, 0.15) is 220 Å². The topological polar surface area (TPSA) is 78.9 Å². The molecule has 1 atom stereocenters. The molecule has 6 heteroatoms. The number of hydrogen-bond acceptors (Lipinski definition) is 6. The maximum Gasteiger partial charge on any atom is 0.306 e. The lowest BCUT2D eigenvalue weighted by atomic mass is 10.1. The zero-order chi connectivity index (χ0) is 43.7. The molecule has 0 rings (SSSR count). The molecule has 0 aliphatic heterocycles. The van der Waals surface area contributed by atoms with Crippen LogP contribution in [0.2, 0.25) is 0 Å². The number of carbonyl (C=O) groups excluding carboxylic acids is 3. The first kappa shape index (κ1) is 56.6. The third kappa shape index (κ3) is 45.7. The number of allylic oxidation sites excluding steroid dienone is 14. The maximum atomic E-state index is 12.7. The Morgan fingerprint density at radius 3 is 1.17 bits per heavy atom. The molecule has 6 nitrogen and oxygen atoms in total. The molecule has 0 aromatic heterocycles. The van der Waals surface area contributed by atoms with E-state index in [0.29, 0.717) is 19.3 Å². The first-order valence-electron chi connectivity index (χ1n) is 24.6. The summed E-state index contributed by atoms with van der Waals surface area (Å²) in [7, 11) is 0. The summed E-state index contributed by atoms with van der Waals surface area (Å²) >= 11 is 0. The van der Waals surface area contributed by atoms with E-state index in [1.54, 1.807) is 0 Å². The molecule has 0 aliphatic carbocycles. The van der Waals surface area contributed by atoms with E-state index in [2.05, 4.69) is 93.7 Å². The molecular weight excluding hydrogens is 745 g/mol. The van der Waals surface area contributed by atoms with E-state index < -0.39 is 12.1 Å². The van der Waals surface area contributed by atoms with Gasteiger partial charge in [-0.05, 0) is 96.3 Å². The Morgan fingerprint density at radius 2 is 0.717 bits per heavy atom. The molecule has 0 aromatic carbocycles. The van der Waals surface area contributed by atoms with Crippen molar-refractivity contribution < 1.29 is 28.6 Å². The van der Waals surface area contributed by atoms with Crippen molar-refractivity contribution >= 4 is 17.9 Å². The Labute approximate surface area is 369 Å². The van der Waals surface area contributed by atoms with Crippen molar-refractivity contribution in [2.45, 2.75) is 226 Å². The molecule has 0 radical (unpaired) electrons. The van der Waals surface area contributed by atoms with E-state index in [0.717, 1.165) is 89.9 Å². The average molecular weight is 835 g/mol. The molecule has 0 saturated heterocycles. The normalized spacial score (nSPS) is 12.8. The van der Waals surface area contributed by atoms with Gasteiger partial charge >= 0.3 is 17.9 Å². The molecule has 0 amide bonds. The SMILES string of the molecule is CC/C=C\C/C=C\C/C=C\C/C=C\CCC(=O)OC(COC(=O)CCCCCCC/C=C\CCC)COC(=O)CCCCCCCCCCC/C=C\C/C=C\CCCCC. The molecule has 60 heavy (non-hydrogen) atoms. The third-order valence-corrected chi connectivity index (χ3v) is 10.1. The molecule has 342 valence electrons. The first-order chi connectivity index (χ1) is 29.5. The van der Waals surface area contributed by atoms with Gasteiger partial charge < -0.3 is 14.2 Å². The summed E-state index contributed by atoms with van der Waals surface area (Å²) in [6.07, 6.45) is 61.6. The molecule has 0 aliphatic rings. The molecule has 0 bridgehead atoms. The van der Waals surface area contributed by atoms with Crippen LogP contribution in [-0.4, -0.2) is 37.2 Å². The quantitative estimate of drug-likeness (QED) is 0.0263. The van der Waals surface area contributed by atoms with Crippen LogP contribution >= 0.6 is 0 Å². The van der Waals surface area contributed by atoms with E-state index >= 15 is 0 Å². The van der Waals surface area contributed by atoms with Crippen LogP contribution in [0.3, 0.4) is 0 Å². The van der Waals surface area contributed by atoms with Crippen molar-refractivity contribution in [2.24, 2.45) is 0 Å². The number of hydrogen-bond donors (Lipinski definition) is 0. The second-order valence-corrected chi connectivity index (χ2v) is 16.0. The fraction of sp³-hybridized carbons (Fsp3) is 0.685. The van der Waals surface area contributed by atoms with Gasteiger partial charge in [0, 0.05) is 19.3 Å². The van der Waals surface area contributed by atoms with Crippen molar-refractivity contribution in [1.29, 1.82) is 0 Å². The van der Waals surface area contributed by atoms with Crippen LogP contribution in [-0.2, 0) is 28.6 Å². The second-order valence-electron chi connectivity index (χ2n) is 16.0. The summed E-state index contributed by atoms with van der Waals surface area (Å²) in [5.74, 6) is -1.01. The zero-order valence-electron chi connectivity index (χ0n) is 38.9. The Balaban J connectivity index is 4.41. The summed E-state index contributed by atoms with van der Waals surface area (Å²) < 4.78 is 16.7. The van der Waals surface area contributed by atoms with Crippen molar-refractivity contribution in [3.8, 4) is 0 Å². The van der Waals surface area contributed by atoms with E-state index in [1.165, 1.54) is 83.5 Å². The lowest BCUT2D eigenvalue weighted by molar-refractivity contribution is -0.166. The smallest absolute Gasteiger partial charge is 0.306 e. The second kappa shape index (κ2) is 48.3. The number of unbranched alkanes of at least 4 members (excludes halogenated alkanes) is 18. The Kier molecular flexibility index (Phi) is 45.5. The van der Waals surface area contributed by atoms with Crippen molar-refractivity contribution in [2.75, 3.05) is 13.2 Å². The lowest BCUT2D eigenvalue weighted by Gasteiger charge is -2.18. The van der Waals surface area contributed by atoms with Crippen molar-refractivity contribution in [1.82, 2.24) is 0 Å². The fourth-order valence-corrected chi connectivity index (χ4v) is 6.43. The van der Waals surface area contributed by atoms with Crippen LogP contribution in [0, 0.1) is 0 Å². The standard InChI is InChI=1S/C54H90O6/c1-4-7-10-13-16-19-22-24-25-26-27-28-29-31-32-35-38-41-44-47-53(56)59-50-51(49-58-52(55)46-43-40-37-34-21-18-15-12-9-6-3)60-54(57)48-45-42-39-36-33-30-23-20-17-14-11-8-5-2/h8,11-12,15-17,19-20,24-25,30,33,39,42,51H,4-7,9-10,13-14,18,21-23,26-29,31-32,34-38,40-41,43-50H2,1-3H3/b11-8-,15-12-,19-16-,20-17-,25-24-,33-30-,42-39-. The average Bonchev–Trinajstić information content (AvgIpc) is 3.24. The van der Waals surface area contributed by atoms with Gasteiger partial charge in [0.2, 0.25) is 0 Å². The van der Waals surface area contributed by atoms with Gasteiger partial charge in [-0.15, -0.1) is 0 Å². The molecule has 0 aromatic rings. The number of carbonyl (C=O) groups is 3. The van der Waals surface area contributed by atoms with Crippen LogP contribution in [0.15, 0.2) is 85.1 Å². The molecule has 0 fully saturated rings. The number of esters is 3. The minimum atomic E-state index is -0.818. The Hall–Kier alpha value is -3.41. The van der Waals surface area contributed by atoms with E-state index in [1.807, 2.05) is 12.2 Å². The molecule has 0 heterocycles. The summed E-state index contributed by atoms with van der Waals surface area (Å²) in [5, 5.41) is 0. The molecule has 1 unspecified atom stereocenters. The minimum absolute atomic E-state index is 0.111. The van der Waals surface area contributed by atoms with Gasteiger partial charge in [-0.1, -0.05) is 189 Å². The Bertz CT molecular complexity index is 1190. The monoisotopic (exact) mass is 835 g/mol. The largest absolute Gasteiger partial charge is 0.462 e. The van der Waals surface area contributed by atoms with Gasteiger partial charge in [-0.25, -0.2) is 0 Å². The summed E-state index contributed by atoms with van der Waals surface area (Å²) in [5.41, 5.74) is 0. The van der Waals surface area contributed by atoms with Crippen LogP contribution in [0.4, 0.5) is 0 Å². The Morgan fingerprint density at radius 1 is 0.350 bits per heavy atom. The molecular formula is C54H90O6. The molecule has 0 N–H and O–H groups in total. The predicted molar refractivity (Wildman–Crippen MR) is 256 cm³/mol. The van der Waals surface area contributed by atoms with Crippen molar-refractivity contribution in [3.05, 3.63) is 85.1 Å². The van der Waals surface area contributed by atoms with Gasteiger partial charge in [0.05, 0.1) is 0 Å². The summed E-state index contributed by atoms with van der Waals surface area (Å²) in [6, 6.07) is 0. The predicted octanol–water partition coefficient (Wildman–Crippen LogP) is 16.0. The maximum absolute atomic E-state index is 12.7. The minimum Gasteiger partial charge on any atom is -0.462 e. The highest BCUT2D eigenvalue weighted by Crippen LogP contribution is 2.13. The highest BCUT2D eigenvalue weighted by Gasteiger charge is 2.19. The van der Waals surface area contributed by atoms with Gasteiger partial charge in [-0.2, -0.15) is 0 Å². The van der Waals surface area contributed by atoms with Gasteiger partial charge in [-0.3, -0.25) is 14.4 Å². The fourth-order valence-electron chi connectivity index (χ4n) is 6.43. The molecule has 0 saturated carbocycles. The third-order valence-electron chi connectivity index (χ3n) is 10.1. The van der Waals surface area contributed by atoms with Crippen LogP contribution < -0.4 is 0 Å². The van der Waals surface area contributed by atoms with Gasteiger partial charge in [0.15, 0.2) is 6.10 Å². The molecule has 0 spiro atoms. The highest BCUT2D eigenvalue weighted by molar-refractivity contribution is 5.71. The zero-order valence-corrected chi connectivity index (χ0v) is 38.9. The van der Waals surface area contributed by atoms with E-state index in [-0.39, 0.29) is 31.6 Å².